The lowest BCUT2D eigenvalue weighted by Gasteiger charge is -2.12. The van der Waals surface area contributed by atoms with Crippen molar-refractivity contribution >= 4 is 34.2 Å². The van der Waals surface area contributed by atoms with E-state index in [0.29, 0.717) is 11.6 Å². The van der Waals surface area contributed by atoms with E-state index in [4.69, 9.17) is 0 Å². The molecule has 4 aromatic rings. The molecule has 0 spiro atoms. The summed E-state index contributed by atoms with van der Waals surface area (Å²) in [6.07, 6.45) is 3.92. The molecule has 0 atom stereocenters. The predicted octanol–water partition coefficient (Wildman–Crippen LogP) is 4.46. The van der Waals surface area contributed by atoms with Crippen molar-refractivity contribution in [2.45, 2.75) is 0 Å². The van der Waals surface area contributed by atoms with Gasteiger partial charge in [-0.1, -0.05) is 0 Å². The van der Waals surface area contributed by atoms with Crippen molar-refractivity contribution in [1.29, 1.82) is 0 Å². The first-order valence-corrected chi connectivity index (χ1v) is 8.96. The Morgan fingerprint density at radius 2 is 1.47 bits per heavy atom. The molecule has 160 valence electrons. The van der Waals surface area contributed by atoms with Crippen molar-refractivity contribution in [3.05, 3.63) is 89.5 Å². The van der Waals surface area contributed by atoms with E-state index in [1.54, 1.807) is 0 Å². The van der Waals surface area contributed by atoms with Crippen molar-refractivity contribution in [1.82, 2.24) is 15.0 Å². The quantitative estimate of drug-likeness (QED) is 0.277. The van der Waals surface area contributed by atoms with Gasteiger partial charge in [-0.3, -0.25) is 19.7 Å². The summed E-state index contributed by atoms with van der Waals surface area (Å²) >= 11 is 0. The van der Waals surface area contributed by atoms with Crippen molar-refractivity contribution in [3.8, 4) is 0 Å². The van der Waals surface area contributed by atoms with Crippen LogP contribution in [-0.2, 0) is 0 Å². The topological polar surface area (TPSA) is 96.9 Å². The summed E-state index contributed by atoms with van der Waals surface area (Å²) < 4.78 is 56.4. The number of hydrogen-bond acceptors (Lipinski definition) is 5. The number of anilines is 2. The van der Waals surface area contributed by atoms with E-state index in [1.165, 1.54) is 30.7 Å². The molecule has 2 N–H and O–H groups in total. The van der Waals surface area contributed by atoms with Gasteiger partial charge in [-0.25, -0.2) is 22.4 Å². The van der Waals surface area contributed by atoms with Gasteiger partial charge in [0.2, 0.25) is 5.78 Å². The Hall–Kier alpha value is -4.41. The number of amides is 2. The second-order valence-electron chi connectivity index (χ2n) is 6.44. The Bertz CT molecular complexity index is 1360. The number of rotatable bonds is 4. The lowest BCUT2D eigenvalue weighted by atomic mass is 10.0. The summed E-state index contributed by atoms with van der Waals surface area (Å²) in [5, 5.41) is 4.26. The van der Waals surface area contributed by atoms with Crippen LogP contribution in [0.5, 0.6) is 0 Å². The van der Waals surface area contributed by atoms with Crippen LogP contribution in [0.25, 0.3) is 11.0 Å². The molecule has 0 aliphatic rings. The Morgan fingerprint density at radius 3 is 2.19 bits per heavy atom. The number of halogens is 4. The largest absolute Gasteiger partial charge is 0.323 e. The Kier molecular flexibility index (Phi) is 5.46. The highest BCUT2D eigenvalue weighted by atomic mass is 19.2. The number of urea groups is 1. The van der Waals surface area contributed by atoms with Gasteiger partial charge in [0.25, 0.3) is 0 Å². The molecule has 32 heavy (non-hydrogen) atoms. The third-order valence-corrected chi connectivity index (χ3v) is 4.32. The van der Waals surface area contributed by atoms with E-state index in [1.807, 2.05) is 5.32 Å². The Balaban J connectivity index is 1.66. The van der Waals surface area contributed by atoms with Crippen LogP contribution in [-0.4, -0.2) is 26.8 Å². The molecule has 2 aromatic carbocycles. The van der Waals surface area contributed by atoms with Gasteiger partial charge in [-0.15, -0.1) is 0 Å². The maximum Gasteiger partial charge on any atom is 0.323 e. The van der Waals surface area contributed by atoms with Gasteiger partial charge >= 0.3 is 6.03 Å². The Morgan fingerprint density at radius 1 is 0.781 bits per heavy atom. The molecule has 0 bridgehead atoms. The molecule has 2 amide bonds. The fraction of sp³-hybridized carbons (Fsp3) is 0. The molecule has 2 heterocycles. The maximum atomic E-state index is 14.9. The van der Waals surface area contributed by atoms with E-state index >= 15 is 0 Å². The molecule has 7 nitrogen and oxygen atoms in total. The third-order valence-electron chi connectivity index (χ3n) is 4.32. The summed E-state index contributed by atoms with van der Waals surface area (Å²) in [7, 11) is 0. The number of fused-ring (bicyclic) bond motifs is 1. The standard InChI is InChI=1S/C21H11F4N5O2/c22-10-1-3-11(4-2-10)29-21(32)30-14-7-12(23)18(24)17(19(14)25)20(31)15-8-13-16(9-28-15)27-6-5-26-13/h1-9H,(H2,29,30,32). The molecule has 2 aromatic heterocycles. The number of carbonyl (C=O) groups excluding carboxylic acids is 2. The number of pyridine rings is 1. The van der Waals surface area contributed by atoms with E-state index in [2.05, 4.69) is 20.3 Å². The summed E-state index contributed by atoms with van der Waals surface area (Å²) in [6, 6.07) is 5.14. The zero-order valence-electron chi connectivity index (χ0n) is 15.9. The van der Waals surface area contributed by atoms with Crippen molar-refractivity contribution in [2.24, 2.45) is 0 Å². The summed E-state index contributed by atoms with van der Waals surface area (Å²) in [5.74, 6) is -6.59. The van der Waals surface area contributed by atoms with Crippen LogP contribution in [0.1, 0.15) is 16.1 Å². The average Bonchev–Trinajstić information content (AvgIpc) is 2.78. The number of nitrogens with zero attached hydrogens (tertiary/aromatic N) is 3. The highest BCUT2D eigenvalue weighted by Crippen LogP contribution is 2.27. The number of carbonyl (C=O) groups is 2. The van der Waals surface area contributed by atoms with E-state index in [-0.39, 0.29) is 11.2 Å². The van der Waals surface area contributed by atoms with Crippen LogP contribution in [0.2, 0.25) is 0 Å². The molecule has 0 aliphatic heterocycles. The van der Waals surface area contributed by atoms with Gasteiger partial charge in [0.1, 0.15) is 22.6 Å². The second kappa shape index (κ2) is 8.38. The first-order chi connectivity index (χ1) is 15.3. The van der Waals surface area contributed by atoms with Gasteiger partial charge in [-0.2, -0.15) is 0 Å². The van der Waals surface area contributed by atoms with E-state index in [0.717, 1.165) is 18.2 Å². The zero-order valence-corrected chi connectivity index (χ0v) is 15.9. The van der Waals surface area contributed by atoms with Crippen molar-refractivity contribution < 1.29 is 27.2 Å². The average molecular weight is 441 g/mol. The summed E-state index contributed by atoms with van der Waals surface area (Å²) in [6.45, 7) is 0. The molecule has 0 radical (unpaired) electrons. The number of nitrogens with one attached hydrogen (secondary N) is 2. The van der Waals surface area contributed by atoms with Gasteiger partial charge in [0.15, 0.2) is 17.5 Å². The van der Waals surface area contributed by atoms with Gasteiger partial charge in [0, 0.05) is 24.1 Å². The van der Waals surface area contributed by atoms with Crippen molar-refractivity contribution in [2.75, 3.05) is 10.6 Å². The van der Waals surface area contributed by atoms with E-state index < -0.39 is 52.0 Å². The SMILES string of the molecule is O=C(Nc1ccc(F)cc1)Nc1cc(F)c(F)c(C(=O)c2cc3nccnc3cn2)c1F. The number of aromatic nitrogens is 3. The van der Waals surface area contributed by atoms with Crippen molar-refractivity contribution in [3.63, 3.8) is 0 Å². The lowest BCUT2D eigenvalue weighted by molar-refractivity contribution is 0.102. The summed E-state index contributed by atoms with van der Waals surface area (Å²) in [4.78, 5) is 36.6. The van der Waals surface area contributed by atoms with Gasteiger partial charge in [-0.05, 0) is 30.3 Å². The van der Waals surface area contributed by atoms with Gasteiger partial charge < -0.3 is 10.6 Å². The highest BCUT2D eigenvalue weighted by Gasteiger charge is 2.27. The van der Waals surface area contributed by atoms with Crippen LogP contribution < -0.4 is 10.6 Å². The van der Waals surface area contributed by atoms with Crippen LogP contribution >= 0.6 is 0 Å². The fourth-order valence-corrected chi connectivity index (χ4v) is 2.83. The smallest absolute Gasteiger partial charge is 0.308 e. The molecule has 4 rings (SSSR count). The normalized spacial score (nSPS) is 10.8. The zero-order chi connectivity index (χ0) is 22.8. The van der Waals surface area contributed by atoms with Crippen LogP contribution in [0.4, 0.5) is 33.7 Å². The van der Waals surface area contributed by atoms with Crippen LogP contribution in [0, 0.1) is 23.3 Å². The predicted molar refractivity (Wildman–Crippen MR) is 106 cm³/mol. The minimum Gasteiger partial charge on any atom is -0.308 e. The molecule has 11 heteroatoms. The highest BCUT2D eigenvalue weighted by molar-refractivity contribution is 6.10. The minimum atomic E-state index is -1.74. The molecular formula is C21H11F4N5O2. The van der Waals surface area contributed by atoms with Crippen LogP contribution in [0.15, 0.2) is 55.0 Å². The molecule has 0 saturated heterocycles. The lowest BCUT2D eigenvalue weighted by Crippen LogP contribution is -2.22. The molecule has 0 fully saturated rings. The maximum absolute atomic E-state index is 14.9. The third kappa shape index (κ3) is 4.08. The molecule has 0 aliphatic carbocycles. The van der Waals surface area contributed by atoms with E-state index in [9.17, 15) is 27.2 Å². The number of ketones is 1. The molecule has 0 unspecified atom stereocenters. The fourth-order valence-electron chi connectivity index (χ4n) is 2.83. The monoisotopic (exact) mass is 441 g/mol. The minimum absolute atomic E-state index is 0.157. The first-order valence-electron chi connectivity index (χ1n) is 8.96. The summed E-state index contributed by atoms with van der Waals surface area (Å²) in [5.41, 5.74) is -1.69. The number of benzene rings is 2. The molecular weight excluding hydrogens is 430 g/mol. The molecule has 0 saturated carbocycles. The van der Waals surface area contributed by atoms with Gasteiger partial charge in [0.05, 0.1) is 17.4 Å². The van der Waals surface area contributed by atoms with Crippen LogP contribution in [0.3, 0.4) is 0 Å². The number of hydrogen-bond donors (Lipinski definition) is 2. The Labute approximate surface area is 177 Å². The second-order valence-corrected chi connectivity index (χ2v) is 6.44. The first kappa shape index (κ1) is 20.8.